The van der Waals surface area contributed by atoms with Gasteiger partial charge in [-0.2, -0.15) is 0 Å². The summed E-state index contributed by atoms with van der Waals surface area (Å²) in [6.45, 7) is 4.57. The number of aliphatic hydroxyl groups excluding tert-OH is 2. The topological polar surface area (TPSA) is 160 Å². The Kier molecular flexibility index (Phi) is 5.97. The van der Waals surface area contributed by atoms with Crippen LogP contribution in [0.25, 0.3) is 16.6 Å². The Balaban J connectivity index is 1.68. The summed E-state index contributed by atoms with van der Waals surface area (Å²) in [5.74, 6) is -1.73. The van der Waals surface area contributed by atoms with Gasteiger partial charge in [-0.05, 0) is 45.0 Å². The monoisotopic (exact) mass is 507 g/mol. The Morgan fingerprint density at radius 3 is 2.62 bits per heavy atom. The van der Waals surface area contributed by atoms with E-state index in [4.69, 9.17) is 9.47 Å². The molecule has 0 radical (unpaired) electrons. The molecule has 0 fully saturated rings. The number of nitrogens with zero attached hydrogens (tertiary/aromatic N) is 2. The Morgan fingerprint density at radius 1 is 1.16 bits per heavy atom. The molecule has 0 bridgehead atoms. The molecule has 11 heteroatoms. The molecule has 2 aliphatic rings. The SMILES string of the molecule is CC1NC(=O)c2cc(O)c(OC(C3=CC(O)C(C)OC3=O)C(C)O)cc2-n2c1nc1ccccc1c2=O. The average Bonchev–Trinajstić information content (AvgIpc) is 2.94. The van der Waals surface area contributed by atoms with Crippen molar-refractivity contribution in [2.45, 2.75) is 51.2 Å². The highest BCUT2D eigenvalue weighted by Gasteiger charge is 2.36. The fraction of sp³-hybridized carbons (Fsp3) is 0.308. The second kappa shape index (κ2) is 9.02. The summed E-state index contributed by atoms with van der Waals surface area (Å²) in [4.78, 5) is 43.7. The summed E-state index contributed by atoms with van der Waals surface area (Å²) >= 11 is 0. The number of hydrogen-bond donors (Lipinski definition) is 4. The molecule has 5 unspecified atom stereocenters. The standard InChI is InChI=1S/C26H25N3O8/c1-11-23-28-17-7-5-4-6-14(17)25(34)29(23)18-10-21(20(32)8-15(18)24(33)27-11)37-22(12(2)30)16-9-19(31)13(3)36-26(16)35/h4-13,19,22,30-32H,1-3H3,(H,27,33). The normalized spacial score (nSPS) is 22.6. The number of amides is 1. The largest absolute Gasteiger partial charge is 0.504 e. The third-order valence-corrected chi connectivity index (χ3v) is 6.46. The van der Waals surface area contributed by atoms with E-state index in [0.29, 0.717) is 10.9 Å². The number of esters is 1. The quantitative estimate of drug-likeness (QED) is 0.381. The van der Waals surface area contributed by atoms with E-state index in [-0.39, 0.29) is 28.4 Å². The molecule has 3 aromatic rings. The minimum Gasteiger partial charge on any atom is -0.504 e. The molecule has 0 aliphatic carbocycles. The first-order valence-corrected chi connectivity index (χ1v) is 11.7. The molecule has 192 valence electrons. The van der Waals surface area contributed by atoms with Crippen LogP contribution in [0.4, 0.5) is 0 Å². The van der Waals surface area contributed by atoms with Gasteiger partial charge in [-0.15, -0.1) is 0 Å². The first kappa shape index (κ1) is 24.5. The van der Waals surface area contributed by atoms with E-state index in [1.807, 2.05) is 0 Å². The molecule has 0 saturated heterocycles. The molecule has 5 atom stereocenters. The van der Waals surface area contributed by atoms with Crippen molar-refractivity contribution in [2.24, 2.45) is 0 Å². The number of aromatic nitrogens is 2. The molecule has 0 saturated carbocycles. The zero-order valence-electron chi connectivity index (χ0n) is 20.2. The van der Waals surface area contributed by atoms with Gasteiger partial charge in [0.05, 0.1) is 39.9 Å². The summed E-state index contributed by atoms with van der Waals surface area (Å²) < 4.78 is 12.3. The molecule has 0 spiro atoms. The van der Waals surface area contributed by atoms with E-state index in [1.165, 1.54) is 30.6 Å². The lowest BCUT2D eigenvalue weighted by Gasteiger charge is -2.30. The summed E-state index contributed by atoms with van der Waals surface area (Å²) in [6, 6.07) is 8.57. The number of cyclic esters (lactones) is 1. The van der Waals surface area contributed by atoms with E-state index in [0.717, 1.165) is 6.07 Å². The van der Waals surface area contributed by atoms with Crippen LogP contribution in [-0.4, -0.2) is 61.2 Å². The number of phenols is 1. The highest BCUT2D eigenvalue weighted by Crippen LogP contribution is 2.36. The lowest BCUT2D eigenvalue weighted by molar-refractivity contribution is -0.151. The van der Waals surface area contributed by atoms with E-state index in [1.54, 1.807) is 31.2 Å². The Hall–Kier alpha value is -4.22. The van der Waals surface area contributed by atoms with Crippen molar-refractivity contribution in [2.75, 3.05) is 0 Å². The van der Waals surface area contributed by atoms with Crippen molar-refractivity contribution in [1.29, 1.82) is 0 Å². The van der Waals surface area contributed by atoms with E-state index >= 15 is 0 Å². The molecule has 2 aromatic carbocycles. The number of hydrogen-bond acceptors (Lipinski definition) is 9. The number of carbonyl (C=O) groups is 2. The molecular formula is C26H25N3O8. The van der Waals surface area contributed by atoms with Crippen LogP contribution in [0, 0.1) is 0 Å². The number of benzene rings is 2. The first-order chi connectivity index (χ1) is 17.6. The zero-order chi connectivity index (χ0) is 26.6. The van der Waals surface area contributed by atoms with Gasteiger partial charge >= 0.3 is 5.97 Å². The van der Waals surface area contributed by atoms with Crippen LogP contribution < -0.4 is 15.6 Å². The summed E-state index contributed by atoms with van der Waals surface area (Å²) in [7, 11) is 0. The smallest absolute Gasteiger partial charge is 0.338 e. The number of para-hydroxylation sites is 1. The average molecular weight is 507 g/mol. The van der Waals surface area contributed by atoms with E-state index in [9.17, 15) is 29.7 Å². The summed E-state index contributed by atoms with van der Waals surface area (Å²) in [5, 5.41) is 34.4. The second-order valence-electron chi connectivity index (χ2n) is 9.16. The van der Waals surface area contributed by atoms with Gasteiger partial charge in [0.25, 0.3) is 11.5 Å². The number of aromatic hydroxyl groups is 1. The second-order valence-corrected chi connectivity index (χ2v) is 9.16. The van der Waals surface area contributed by atoms with Crippen molar-refractivity contribution in [3.05, 3.63) is 69.8 Å². The highest BCUT2D eigenvalue weighted by molar-refractivity contribution is 5.99. The van der Waals surface area contributed by atoms with Crippen molar-refractivity contribution in [1.82, 2.24) is 14.9 Å². The van der Waals surface area contributed by atoms with Gasteiger partial charge in [-0.25, -0.2) is 9.78 Å². The molecule has 5 rings (SSSR count). The third-order valence-electron chi connectivity index (χ3n) is 6.46. The molecule has 2 aliphatic heterocycles. The van der Waals surface area contributed by atoms with Gasteiger partial charge in [0.1, 0.15) is 18.0 Å². The van der Waals surface area contributed by atoms with Crippen LogP contribution in [-0.2, 0) is 9.53 Å². The Labute approximate surface area is 210 Å². The maximum atomic E-state index is 13.6. The molecule has 11 nitrogen and oxygen atoms in total. The lowest BCUT2D eigenvalue weighted by Crippen LogP contribution is -2.42. The van der Waals surface area contributed by atoms with E-state index < -0.39 is 53.6 Å². The zero-order valence-corrected chi connectivity index (χ0v) is 20.2. The lowest BCUT2D eigenvalue weighted by atomic mass is 9.99. The predicted octanol–water partition coefficient (Wildman–Crippen LogP) is 1.26. The van der Waals surface area contributed by atoms with Gasteiger partial charge in [-0.1, -0.05) is 12.1 Å². The Bertz CT molecular complexity index is 1530. The minimum absolute atomic E-state index is 0.00349. The van der Waals surface area contributed by atoms with Crippen molar-refractivity contribution >= 4 is 22.8 Å². The maximum absolute atomic E-state index is 13.6. The van der Waals surface area contributed by atoms with Gasteiger partial charge in [-0.3, -0.25) is 14.2 Å². The molecule has 1 amide bonds. The molecule has 3 heterocycles. The van der Waals surface area contributed by atoms with Crippen molar-refractivity contribution in [3.63, 3.8) is 0 Å². The number of nitrogens with one attached hydrogen (secondary N) is 1. The van der Waals surface area contributed by atoms with Crippen LogP contribution in [0.15, 0.2) is 52.8 Å². The van der Waals surface area contributed by atoms with Crippen molar-refractivity contribution < 1.29 is 34.4 Å². The van der Waals surface area contributed by atoms with Crippen molar-refractivity contribution in [3.8, 4) is 17.2 Å². The van der Waals surface area contributed by atoms with Crippen LogP contribution >= 0.6 is 0 Å². The van der Waals surface area contributed by atoms with E-state index in [2.05, 4.69) is 10.3 Å². The van der Waals surface area contributed by atoms with Crippen LogP contribution in [0.2, 0.25) is 0 Å². The summed E-state index contributed by atoms with van der Waals surface area (Å²) in [6.07, 6.45) is -3.25. The first-order valence-electron chi connectivity index (χ1n) is 11.7. The number of fused-ring (bicyclic) bond motifs is 4. The number of rotatable bonds is 4. The third kappa shape index (κ3) is 4.11. The number of aliphatic hydroxyl groups is 2. The molecule has 37 heavy (non-hydrogen) atoms. The number of carbonyl (C=O) groups excluding carboxylic acids is 2. The fourth-order valence-corrected chi connectivity index (χ4v) is 4.49. The van der Waals surface area contributed by atoms with Gasteiger partial charge in [0, 0.05) is 6.07 Å². The predicted molar refractivity (Wildman–Crippen MR) is 131 cm³/mol. The van der Waals surface area contributed by atoms with Gasteiger partial charge in [0.2, 0.25) is 0 Å². The van der Waals surface area contributed by atoms with Crippen LogP contribution in [0.3, 0.4) is 0 Å². The minimum atomic E-state index is -1.33. The number of ether oxygens (including phenoxy) is 2. The van der Waals surface area contributed by atoms with Gasteiger partial charge in [0.15, 0.2) is 17.6 Å². The summed E-state index contributed by atoms with van der Waals surface area (Å²) in [5.41, 5.74) is 0.00857. The number of phenolic OH excluding ortho intramolecular Hbond substituents is 1. The van der Waals surface area contributed by atoms with Crippen LogP contribution in [0.1, 0.15) is 43.0 Å². The van der Waals surface area contributed by atoms with Gasteiger partial charge < -0.3 is 30.1 Å². The molecule has 1 aromatic heterocycles. The molecule has 4 N–H and O–H groups in total. The van der Waals surface area contributed by atoms with Crippen LogP contribution in [0.5, 0.6) is 11.5 Å². The highest BCUT2D eigenvalue weighted by atomic mass is 16.6. The fourth-order valence-electron chi connectivity index (χ4n) is 4.49. The maximum Gasteiger partial charge on any atom is 0.338 e. The Morgan fingerprint density at radius 2 is 1.89 bits per heavy atom. The molecular weight excluding hydrogens is 482 g/mol.